The van der Waals surface area contributed by atoms with E-state index < -0.39 is 0 Å². The number of halogens is 1. The molecule has 0 aliphatic carbocycles. The molecule has 27 heavy (non-hydrogen) atoms. The van der Waals surface area contributed by atoms with Crippen LogP contribution in [0.3, 0.4) is 0 Å². The van der Waals surface area contributed by atoms with E-state index >= 15 is 0 Å². The fourth-order valence-electron chi connectivity index (χ4n) is 3.29. The van der Waals surface area contributed by atoms with Crippen molar-refractivity contribution in [3.63, 3.8) is 0 Å². The zero-order chi connectivity index (χ0) is 18.2. The van der Waals surface area contributed by atoms with Gasteiger partial charge in [-0.2, -0.15) is 0 Å². The van der Waals surface area contributed by atoms with E-state index in [0.29, 0.717) is 6.54 Å². The van der Waals surface area contributed by atoms with E-state index in [1.54, 1.807) is 12.6 Å². The summed E-state index contributed by atoms with van der Waals surface area (Å²) in [5.41, 5.74) is 0. The van der Waals surface area contributed by atoms with E-state index in [-0.39, 0.29) is 30.0 Å². The molecular formula is C18H30IN7O. The van der Waals surface area contributed by atoms with E-state index in [4.69, 9.17) is 4.42 Å². The zero-order valence-corrected chi connectivity index (χ0v) is 18.4. The van der Waals surface area contributed by atoms with Crippen molar-refractivity contribution in [2.45, 2.75) is 45.8 Å². The Labute approximate surface area is 177 Å². The van der Waals surface area contributed by atoms with E-state index in [1.165, 1.54) is 12.8 Å². The lowest BCUT2D eigenvalue weighted by Crippen LogP contribution is -2.42. The first-order chi connectivity index (χ1) is 12.8. The maximum atomic E-state index is 5.69. The number of aliphatic imine (C=N–C) groups is 1. The topological polar surface area (TPSA) is 83.5 Å². The summed E-state index contributed by atoms with van der Waals surface area (Å²) < 4.78 is 7.69. The van der Waals surface area contributed by atoms with Gasteiger partial charge in [0, 0.05) is 19.6 Å². The van der Waals surface area contributed by atoms with Gasteiger partial charge in [-0.05, 0) is 51.9 Å². The highest BCUT2D eigenvalue weighted by Crippen LogP contribution is 2.24. The van der Waals surface area contributed by atoms with Crippen molar-refractivity contribution in [2.24, 2.45) is 4.99 Å². The van der Waals surface area contributed by atoms with Gasteiger partial charge in [-0.1, -0.05) is 0 Å². The van der Waals surface area contributed by atoms with Gasteiger partial charge < -0.3 is 19.6 Å². The molecule has 1 saturated heterocycles. The molecule has 3 heterocycles. The second-order valence-corrected chi connectivity index (χ2v) is 6.38. The number of nitrogens with zero attached hydrogens (tertiary/aromatic N) is 5. The number of aryl methyl sites for hydroxylation is 1. The Kier molecular flexibility index (Phi) is 9.05. The standard InChI is InChI=1S/C18H29N7O.HI/c1-3-19-18(21-13-17-23-22-14-24(17)4-2)20-12-15(16-8-7-11-26-16)25-9-5-6-10-25;/h7-8,11,14-15H,3-6,9-10,12-13H2,1-2H3,(H2,19,20,21);1H. The van der Waals surface area contributed by atoms with Crippen LogP contribution < -0.4 is 10.6 Å². The van der Waals surface area contributed by atoms with Crippen LogP contribution in [0.2, 0.25) is 0 Å². The van der Waals surface area contributed by atoms with Crippen molar-refractivity contribution in [1.82, 2.24) is 30.3 Å². The van der Waals surface area contributed by atoms with Crippen LogP contribution in [0.5, 0.6) is 0 Å². The monoisotopic (exact) mass is 487 g/mol. The van der Waals surface area contributed by atoms with E-state index in [1.807, 2.05) is 10.6 Å². The number of rotatable bonds is 8. The molecule has 0 spiro atoms. The van der Waals surface area contributed by atoms with Gasteiger partial charge in [-0.25, -0.2) is 4.99 Å². The van der Waals surface area contributed by atoms with E-state index in [0.717, 1.165) is 50.3 Å². The van der Waals surface area contributed by atoms with Crippen LogP contribution >= 0.6 is 24.0 Å². The summed E-state index contributed by atoms with van der Waals surface area (Å²) in [6.07, 6.45) is 5.98. The fourth-order valence-corrected chi connectivity index (χ4v) is 3.29. The van der Waals surface area contributed by atoms with Crippen LogP contribution in [0.4, 0.5) is 0 Å². The summed E-state index contributed by atoms with van der Waals surface area (Å²) in [5, 5.41) is 14.9. The highest BCUT2D eigenvalue weighted by molar-refractivity contribution is 14.0. The number of aromatic nitrogens is 3. The van der Waals surface area contributed by atoms with Crippen LogP contribution in [0.15, 0.2) is 34.1 Å². The van der Waals surface area contributed by atoms with Gasteiger partial charge in [-0.3, -0.25) is 4.90 Å². The summed E-state index contributed by atoms with van der Waals surface area (Å²) in [7, 11) is 0. The van der Waals surface area contributed by atoms with Gasteiger partial charge in [0.1, 0.15) is 18.6 Å². The molecule has 1 fully saturated rings. The minimum Gasteiger partial charge on any atom is -0.468 e. The third-order valence-corrected chi connectivity index (χ3v) is 4.68. The fraction of sp³-hybridized carbons (Fsp3) is 0.611. The highest BCUT2D eigenvalue weighted by Gasteiger charge is 2.25. The van der Waals surface area contributed by atoms with Crippen molar-refractivity contribution < 1.29 is 4.42 Å². The molecule has 9 heteroatoms. The van der Waals surface area contributed by atoms with E-state index in [9.17, 15) is 0 Å². The van der Waals surface area contributed by atoms with Crippen molar-refractivity contribution in [3.8, 4) is 0 Å². The molecule has 2 aromatic heterocycles. The van der Waals surface area contributed by atoms with Crippen LogP contribution in [-0.2, 0) is 13.1 Å². The first-order valence-corrected chi connectivity index (χ1v) is 9.48. The molecule has 3 rings (SSSR count). The lowest BCUT2D eigenvalue weighted by Gasteiger charge is -2.26. The van der Waals surface area contributed by atoms with Gasteiger partial charge in [0.2, 0.25) is 0 Å². The molecule has 2 aromatic rings. The molecule has 1 atom stereocenters. The summed E-state index contributed by atoms with van der Waals surface area (Å²) in [5.74, 6) is 2.65. The summed E-state index contributed by atoms with van der Waals surface area (Å²) >= 11 is 0. The zero-order valence-electron chi connectivity index (χ0n) is 16.1. The quantitative estimate of drug-likeness (QED) is 0.338. The first-order valence-electron chi connectivity index (χ1n) is 9.48. The average molecular weight is 487 g/mol. The third kappa shape index (κ3) is 5.93. The van der Waals surface area contributed by atoms with Crippen LogP contribution in [-0.4, -0.2) is 51.8 Å². The first kappa shape index (κ1) is 21.7. The Bertz CT molecular complexity index is 680. The number of nitrogens with one attached hydrogen (secondary N) is 2. The smallest absolute Gasteiger partial charge is 0.191 e. The molecule has 1 unspecified atom stereocenters. The maximum Gasteiger partial charge on any atom is 0.191 e. The lowest BCUT2D eigenvalue weighted by molar-refractivity contribution is 0.215. The molecule has 8 nitrogen and oxygen atoms in total. The molecule has 0 aromatic carbocycles. The van der Waals surface area contributed by atoms with Gasteiger partial charge in [0.05, 0.1) is 12.3 Å². The molecule has 150 valence electrons. The average Bonchev–Trinajstić information content (AvgIpc) is 3.42. The predicted molar refractivity (Wildman–Crippen MR) is 116 cm³/mol. The summed E-state index contributed by atoms with van der Waals surface area (Å²) in [6, 6.07) is 4.23. The van der Waals surface area contributed by atoms with Crippen molar-refractivity contribution in [1.29, 1.82) is 0 Å². The Morgan fingerprint density at radius 3 is 2.78 bits per heavy atom. The molecule has 2 N–H and O–H groups in total. The van der Waals surface area contributed by atoms with E-state index in [2.05, 4.69) is 50.6 Å². The van der Waals surface area contributed by atoms with Gasteiger partial charge >= 0.3 is 0 Å². The van der Waals surface area contributed by atoms with Crippen molar-refractivity contribution in [2.75, 3.05) is 26.2 Å². The van der Waals surface area contributed by atoms with Gasteiger partial charge in [0.15, 0.2) is 11.8 Å². The SMILES string of the molecule is CCNC(=NCc1nncn1CC)NCC(c1ccco1)N1CCCC1.I. The Hall–Kier alpha value is -1.62. The second kappa shape index (κ2) is 11.3. The number of guanidine groups is 1. The minimum absolute atomic E-state index is 0. The third-order valence-electron chi connectivity index (χ3n) is 4.68. The number of hydrogen-bond acceptors (Lipinski definition) is 5. The Morgan fingerprint density at radius 1 is 1.30 bits per heavy atom. The molecule has 0 radical (unpaired) electrons. The molecule has 0 saturated carbocycles. The Balaban J connectivity index is 0.00000261. The highest BCUT2D eigenvalue weighted by atomic mass is 127. The lowest BCUT2D eigenvalue weighted by atomic mass is 10.2. The normalized spacial score (nSPS) is 16.1. The van der Waals surface area contributed by atoms with Crippen molar-refractivity contribution in [3.05, 3.63) is 36.3 Å². The summed E-state index contributed by atoms with van der Waals surface area (Å²) in [4.78, 5) is 7.14. The molecule has 1 aliphatic rings. The van der Waals surface area contributed by atoms with Crippen LogP contribution in [0.25, 0.3) is 0 Å². The van der Waals surface area contributed by atoms with Crippen LogP contribution in [0.1, 0.15) is 44.3 Å². The maximum absolute atomic E-state index is 5.69. The van der Waals surface area contributed by atoms with Crippen molar-refractivity contribution >= 4 is 29.9 Å². The number of likely N-dealkylation sites (tertiary alicyclic amines) is 1. The largest absolute Gasteiger partial charge is 0.468 e. The molecule has 0 amide bonds. The van der Waals surface area contributed by atoms with Crippen LogP contribution in [0, 0.1) is 0 Å². The molecule has 0 bridgehead atoms. The summed E-state index contributed by atoms with van der Waals surface area (Å²) in [6.45, 7) is 9.26. The van der Waals surface area contributed by atoms with Gasteiger partial charge in [0.25, 0.3) is 0 Å². The number of furan rings is 1. The predicted octanol–water partition coefficient (Wildman–Crippen LogP) is 2.40. The van der Waals surface area contributed by atoms with Gasteiger partial charge in [-0.15, -0.1) is 34.2 Å². The Morgan fingerprint density at radius 2 is 2.11 bits per heavy atom. The molecule has 1 aliphatic heterocycles. The molecular weight excluding hydrogens is 457 g/mol. The second-order valence-electron chi connectivity index (χ2n) is 6.38. The minimum atomic E-state index is 0. The number of hydrogen-bond donors (Lipinski definition) is 2.